The van der Waals surface area contributed by atoms with E-state index in [1.807, 2.05) is 30.1 Å². The lowest BCUT2D eigenvalue weighted by molar-refractivity contribution is 0.598. The van der Waals surface area contributed by atoms with Crippen molar-refractivity contribution in [1.29, 1.82) is 0 Å². The number of hydrogen-bond acceptors (Lipinski definition) is 3. The van der Waals surface area contributed by atoms with Crippen molar-refractivity contribution in [2.75, 3.05) is 17.9 Å². The normalized spacial score (nSPS) is 13.1. The average molecular weight is 320 g/mol. The third kappa shape index (κ3) is 2.62. The van der Waals surface area contributed by atoms with Crippen molar-refractivity contribution in [2.24, 2.45) is 0 Å². The van der Waals surface area contributed by atoms with E-state index < -0.39 is 0 Å². The monoisotopic (exact) mass is 319 g/mol. The number of pyridine rings is 1. The van der Waals surface area contributed by atoms with Crippen LogP contribution in [-0.4, -0.2) is 32.4 Å². The Kier molecular flexibility index (Phi) is 4.36. The summed E-state index contributed by atoms with van der Waals surface area (Å²) in [6, 6.07) is 8.63. The average Bonchev–Trinajstić information content (AvgIpc) is 2.86. The Morgan fingerprint density at radius 3 is 2.86 bits per heavy atom. The highest BCUT2D eigenvalue weighted by Gasteiger charge is 2.17. The molecule has 0 fully saturated rings. The number of aromatic nitrogens is 3. The van der Waals surface area contributed by atoms with Crippen LogP contribution in [0.25, 0.3) is 21.9 Å². The van der Waals surface area contributed by atoms with Gasteiger partial charge in [-0.05, 0) is 19.2 Å². The molecule has 2 heterocycles. The van der Waals surface area contributed by atoms with E-state index in [0.717, 1.165) is 34.4 Å². The van der Waals surface area contributed by atoms with E-state index in [9.17, 15) is 0 Å². The Morgan fingerprint density at radius 2 is 2.10 bits per heavy atom. The van der Waals surface area contributed by atoms with Crippen LogP contribution in [0.4, 0.5) is 0 Å². The van der Waals surface area contributed by atoms with Crippen molar-refractivity contribution in [1.82, 2.24) is 14.5 Å². The van der Waals surface area contributed by atoms with Gasteiger partial charge in [-0.1, -0.05) is 18.2 Å². The van der Waals surface area contributed by atoms with Crippen LogP contribution in [-0.2, 0) is 6.42 Å². The Hall–Kier alpha value is -1.26. The van der Waals surface area contributed by atoms with Gasteiger partial charge in [-0.3, -0.25) is 4.98 Å². The zero-order valence-electron chi connectivity index (χ0n) is 12.2. The number of para-hydroxylation sites is 1. The van der Waals surface area contributed by atoms with Gasteiger partial charge in [0.1, 0.15) is 11.3 Å². The van der Waals surface area contributed by atoms with Crippen molar-refractivity contribution in [3.05, 3.63) is 36.3 Å². The molecule has 0 spiro atoms. The third-order valence-electron chi connectivity index (χ3n) is 3.66. The van der Waals surface area contributed by atoms with Gasteiger partial charge >= 0.3 is 0 Å². The smallest absolute Gasteiger partial charge is 0.111 e. The van der Waals surface area contributed by atoms with Crippen molar-refractivity contribution >= 4 is 45.3 Å². The Labute approximate surface area is 133 Å². The topological polar surface area (TPSA) is 30.7 Å². The van der Waals surface area contributed by atoms with Crippen LogP contribution < -0.4 is 0 Å². The first kappa shape index (κ1) is 14.7. The SMILES string of the molecule is CSCC(C)n1c(CCCl)nc2cnc3ccccc3c21. The van der Waals surface area contributed by atoms with Gasteiger partial charge in [0.15, 0.2) is 0 Å². The molecular formula is C16H18ClN3S. The van der Waals surface area contributed by atoms with Crippen LogP contribution in [0.15, 0.2) is 30.5 Å². The summed E-state index contributed by atoms with van der Waals surface area (Å²) in [7, 11) is 0. The van der Waals surface area contributed by atoms with Crippen LogP contribution in [0.5, 0.6) is 0 Å². The number of thioether (sulfide) groups is 1. The Bertz CT molecular complexity index is 769. The van der Waals surface area contributed by atoms with Gasteiger partial charge in [0.05, 0.1) is 17.2 Å². The predicted octanol–water partition coefficient (Wildman–Crippen LogP) is 4.29. The number of aryl methyl sites for hydroxylation is 1. The highest BCUT2D eigenvalue weighted by Crippen LogP contribution is 2.29. The maximum atomic E-state index is 5.96. The van der Waals surface area contributed by atoms with Gasteiger partial charge in [-0.2, -0.15) is 11.8 Å². The van der Waals surface area contributed by atoms with E-state index in [0.29, 0.717) is 11.9 Å². The molecule has 2 aromatic heterocycles. The molecule has 0 amide bonds. The first-order valence-corrected chi connectivity index (χ1v) is 8.98. The Morgan fingerprint density at radius 1 is 1.29 bits per heavy atom. The molecule has 110 valence electrons. The van der Waals surface area contributed by atoms with Crippen LogP contribution in [0, 0.1) is 0 Å². The molecule has 0 saturated heterocycles. The van der Waals surface area contributed by atoms with E-state index in [1.54, 1.807) is 0 Å². The molecule has 1 unspecified atom stereocenters. The molecule has 1 atom stereocenters. The van der Waals surface area contributed by atoms with Gasteiger partial charge in [0.2, 0.25) is 0 Å². The summed E-state index contributed by atoms with van der Waals surface area (Å²) in [6.45, 7) is 2.24. The fourth-order valence-corrected chi connectivity index (χ4v) is 3.63. The van der Waals surface area contributed by atoms with Gasteiger partial charge in [-0.25, -0.2) is 4.98 Å². The number of halogens is 1. The molecule has 3 nitrogen and oxygen atoms in total. The molecule has 0 aliphatic carbocycles. The maximum Gasteiger partial charge on any atom is 0.111 e. The van der Waals surface area contributed by atoms with Gasteiger partial charge in [0, 0.05) is 29.5 Å². The van der Waals surface area contributed by atoms with Gasteiger partial charge < -0.3 is 4.57 Å². The summed E-state index contributed by atoms with van der Waals surface area (Å²) in [6.07, 6.45) is 4.79. The first-order chi connectivity index (χ1) is 10.3. The zero-order valence-corrected chi connectivity index (χ0v) is 13.8. The van der Waals surface area contributed by atoms with E-state index in [-0.39, 0.29) is 0 Å². The largest absolute Gasteiger partial charge is 0.324 e. The molecule has 0 N–H and O–H groups in total. The highest BCUT2D eigenvalue weighted by molar-refractivity contribution is 7.98. The van der Waals surface area contributed by atoms with Crippen LogP contribution in [0.1, 0.15) is 18.8 Å². The third-order valence-corrected chi connectivity index (χ3v) is 4.67. The summed E-state index contributed by atoms with van der Waals surface area (Å²) in [5.74, 6) is 2.69. The van der Waals surface area contributed by atoms with Crippen molar-refractivity contribution in [2.45, 2.75) is 19.4 Å². The van der Waals surface area contributed by atoms with Gasteiger partial charge in [0.25, 0.3) is 0 Å². The fourth-order valence-electron chi connectivity index (χ4n) is 2.82. The quantitative estimate of drug-likeness (QED) is 0.657. The molecule has 3 rings (SSSR count). The van der Waals surface area contributed by atoms with Crippen LogP contribution in [0.3, 0.4) is 0 Å². The number of benzene rings is 1. The van der Waals surface area contributed by atoms with Gasteiger partial charge in [-0.15, -0.1) is 11.6 Å². The maximum absolute atomic E-state index is 5.96. The molecule has 0 saturated carbocycles. The number of nitrogens with zero attached hydrogens (tertiary/aromatic N) is 3. The minimum absolute atomic E-state index is 0.383. The number of imidazole rings is 1. The number of hydrogen-bond donors (Lipinski definition) is 0. The molecule has 0 aliphatic rings. The van der Waals surface area contributed by atoms with E-state index >= 15 is 0 Å². The Balaban J connectivity index is 2.32. The molecule has 1 aromatic carbocycles. The number of alkyl halides is 1. The lowest BCUT2D eigenvalue weighted by Gasteiger charge is -2.17. The molecule has 0 radical (unpaired) electrons. The zero-order chi connectivity index (χ0) is 14.8. The minimum Gasteiger partial charge on any atom is -0.324 e. The summed E-state index contributed by atoms with van der Waals surface area (Å²) < 4.78 is 2.35. The second kappa shape index (κ2) is 6.24. The second-order valence-electron chi connectivity index (χ2n) is 5.15. The minimum atomic E-state index is 0.383. The lowest BCUT2D eigenvalue weighted by Crippen LogP contribution is -2.12. The molecule has 0 bridgehead atoms. The highest BCUT2D eigenvalue weighted by atomic mass is 35.5. The van der Waals surface area contributed by atoms with E-state index in [1.165, 1.54) is 5.52 Å². The molecule has 3 aromatic rings. The number of rotatable bonds is 5. The summed E-state index contributed by atoms with van der Waals surface area (Å²) in [5.41, 5.74) is 3.16. The van der Waals surface area contributed by atoms with Crippen LogP contribution in [0.2, 0.25) is 0 Å². The van der Waals surface area contributed by atoms with E-state index in [4.69, 9.17) is 16.6 Å². The van der Waals surface area contributed by atoms with Crippen molar-refractivity contribution < 1.29 is 0 Å². The standard InChI is InChI=1S/C16H18ClN3S/c1-11(10-21-2)20-15(7-8-17)19-14-9-18-13-6-4-3-5-12(13)16(14)20/h3-6,9,11H,7-8,10H2,1-2H3. The van der Waals surface area contributed by atoms with Crippen molar-refractivity contribution in [3.8, 4) is 0 Å². The molecule has 5 heteroatoms. The molecule has 21 heavy (non-hydrogen) atoms. The number of fused-ring (bicyclic) bond motifs is 3. The molecule has 0 aliphatic heterocycles. The van der Waals surface area contributed by atoms with Crippen molar-refractivity contribution in [3.63, 3.8) is 0 Å². The molecular weight excluding hydrogens is 302 g/mol. The second-order valence-corrected chi connectivity index (χ2v) is 6.44. The summed E-state index contributed by atoms with van der Waals surface area (Å²) >= 11 is 7.81. The predicted molar refractivity (Wildman–Crippen MR) is 92.6 cm³/mol. The fraction of sp³-hybridized carbons (Fsp3) is 0.375. The van der Waals surface area contributed by atoms with E-state index in [2.05, 4.69) is 34.9 Å². The summed E-state index contributed by atoms with van der Waals surface area (Å²) in [5, 5.41) is 1.16. The summed E-state index contributed by atoms with van der Waals surface area (Å²) in [4.78, 5) is 9.28. The van der Waals surface area contributed by atoms with Crippen LogP contribution >= 0.6 is 23.4 Å². The lowest BCUT2D eigenvalue weighted by atomic mass is 10.2. The first-order valence-electron chi connectivity index (χ1n) is 7.05.